The highest BCUT2D eigenvalue weighted by Gasteiger charge is 2.25. The summed E-state index contributed by atoms with van der Waals surface area (Å²) in [7, 11) is -2.28. The van der Waals surface area contributed by atoms with E-state index in [4.69, 9.17) is 4.74 Å². The van der Waals surface area contributed by atoms with Crippen LogP contribution in [0.15, 0.2) is 59.5 Å². The first-order valence-electron chi connectivity index (χ1n) is 7.99. The van der Waals surface area contributed by atoms with Gasteiger partial charge in [-0.05, 0) is 23.8 Å². The van der Waals surface area contributed by atoms with Gasteiger partial charge in [-0.25, -0.2) is 8.42 Å². The molecule has 0 unspecified atom stereocenters. The molecular formula is C18H20N2O4S. The third kappa shape index (κ3) is 4.00. The minimum absolute atomic E-state index is 0.127. The molecule has 3 rings (SSSR count). The van der Waals surface area contributed by atoms with Gasteiger partial charge in [0.25, 0.3) is 0 Å². The number of para-hydroxylation sites is 1. The number of fused-ring (bicyclic) bond motifs is 1. The van der Waals surface area contributed by atoms with Crippen molar-refractivity contribution in [2.24, 2.45) is 0 Å². The number of benzene rings is 2. The standard InChI is InChI=1S/C18H20N2O4S/c1-20(25(22,23)16-8-3-2-4-9-16)13-18(21)19-12-15-11-14-7-5-6-10-17(14)24-15/h2-10,15H,11-13H2,1H3,(H,19,21)/t15-/m1/s1. The van der Waals surface area contributed by atoms with E-state index in [1.807, 2.05) is 24.3 Å². The molecule has 2 aromatic rings. The lowest BCUT2D eigenvalue weighted by Crippen LogP contribution is -2.41. The molecular weight excluding hydrogens is 340 g/mol. The van der Waals surface area contributed by atoms with Crippen LogP contribution in [0.1, 0.15) is 5.56 Å². The lowest BCUT2D eigenvalue weighted by Gasteiger charge is -2.18. The first kappa shape index (κ1) is 17.4. The van der Waals surface area contributed by atoms with Crippen LogP contribution in [0.2, 0.25) is 0 Å². The van der Waals surface area contributed by atoms with Crippen LogP contribution in [-0.4, -0.2) is 44.9 Å². The molecule has 1 heterocycles. The van der Waals surface area contributed by atoms with E-state index in [9.17, 15) is 13.2 Å². The number of carbonyl (C=O) groups excluding carboxylic acids is 1. The van der Waals surface area contributed by atoms with E-state index in [2.05, 4.69) is 5.32 Å². The maximum absolute atomic E-state index is 12.4. The number of carbonyl (C=O) groups is 1. The fourth-order valence-corrected chi connectivity index (χ4v) is 3.86. The van der Waals surface area contributed by atoms with E-state index >= 15 is 0 Å². The van der Waals surface area contributed by atoms with Crippen LogP contribution in [-0.2, 0) is 21.2 Å². The van der Waals surface area contributed by atoms with Gasteiger partial charge in [-0.1, -0.05) is 36.4 Å². The van der Waals surface area contributed by atoms with Crippen LogP contribution in [0.3, 0.4) is 0 Å². The zero-order valence-corrected chi connectivity index (χ0v) is 14.7. The zero-order chi connectivity index (χ0) is 17.9. The van der Waals surface area contributed by atoms with Gasteiger partial charge in [0.1, 0.15) is 11.9 Å². The number of rotatable bonds is 6. The summed E-state index contributed by atoms with van der Waals surface area (Å²) in [5.74, 6) is 0.479. The minimum atomic E-state index is -3.67. The fourth-order valence-electron chi connectivity index (χ4n) is 2.71. The van der Waals surface area contributed by atoms with Crippen LogP contribution in [0.25, 0.3) is 0 Å². The predicted octanol–water partition coefficient (Wildman–Crippen LogP) is 1.43. The summed E-state index contributed by atoms with van der Waals surface area (Å²) in [6.07, 6.45) is 0.603. The number of hydrogen-bond donors (Lipinski definition) is 1. The molecule has 0 saturated carbocycles. The van der Waals surface area contributed by atoms with Gasteiger partial charge in [0.2, 0.25) is 15.9 Å². The quantitative estimate of drug-likeness (QED) is 0.846. The largest absolute Gasteiger partial charge is 0.488 e. The second-order valence-corrected chi connectivity index (χ2v) is 7.97. The third-order valence-corrected chi connectivity index (χ3v) is 5.88. The Kier molecular flexibility index (Phi) is 5.06. The second kappa shape index (κ2) is 7.25. The van der Waals surface area contributed by atoms with Crippen LogP contribution in [0, 0.1) is 0 Å². The SMILES string of the molecule is CN(CC(=O)NC[C@H]1Cc2ccccc2O1)S(=O)(=O)c1ccccc1. The molecule has 0 bridgehead atoms. The first-order chi connectivity index (χ1) is 12.0. The Bertz CT molecular complexity index is 827. The van der Waals surface area contributed by atoms with E-state index in [0.717, 1.165) is 22.0 Å². The van der Waals surface area contributed by atoms with E-state index < -0.39 is 10.0 Å². The fraction of sp³-hybridized carbons (Fsp3) is 0.278. The molecule has 2 aromatic carbocycles. The molecule has 25 heavy (non-hydrogen) atoms. The Morgan fingerprint density at radius 1 is 1.16 bits per heavy atom. The van der Waals surface area contributed by atoms with Crippen molar-refractivity contribution in [1.82, 2.24) is 9.62 Å². The Balaban J connectivity index is 1.51. The highest BCUT2D eigenvalue weighted by atomic mass is 32.2. The Labute approximate surface area is 147 Å². The van der Waals surface area contributed by atoms with Crippen LogP contribution < -0.4 is 10.1 Å². The van der Waals surface area contributed by atoms with Crippen LogP contribution >= 0.6 is 0 Å². The van der Waals surface area contributed by atoms with Crippen molar-refractivity contribution in [3.8, 4) is 5.75 Å². The summed E-state index contributed by atoms with van der Waals surface area (Å²) < 4.78 is 31.6. The number of ether oxygens (including phenoxy) is 1. The van der Waals surface area contributed by atoms with Crippen molar-refractivity contribution in [2.75, 3.05) is 20.1 Å². The number of amides is 1. The molecule has 1 atom stereocenters. The maximum Gasteiger partial charge on any atom is 0.243 e. The highest BCUT2D eigenvalue weighted by molar-refractivity contribution is 7.89. The average molecular weight is 360 g/mol. The number of sulfonamides is 1. The molecule has 0 aliphatic carbocycles. The van der Waals surface area contributed by atoms with Gasteiger partial charge in [-0.3, -0.25) is 4.79 Å². The normalized spacial score (nSPS) is 16.3. The summed E-state index contributed by atoms with van der Waals surface area (Å²) in [6.45, 7) is 0.101. The van der Waals surface area contributed by atoms with Crippen molar-refractivity contribution in [2.45, 2.75) is 17.4 Å². The van der Waals surface area contributed by atoms with Gasteiger partial charge >= 0.3 is 0 Å². The molecule has 0 fully saturated rings. The monoisotopic (exact) mass is 360 g/mol. The van der Waals surface area contributed by atoms with Crippen molar-refractivity contribution < 1.29 is 17.9 Å². The Hall–Kier alpha value is -2.38. The van der Waals surface area contributed by atoms with Crippen molar-refractivity contribution in [3.05, 3.63) is 60.2 Å². The van der Waals surface area contributed by atoms with E-state index in [1.165, 1.54) is 19.2 Å². The van der Waals surface area contributed by atoms with Crippen molar-refractivity contribution >= 4 is 15.9 Å². The van der Waals surface area contributed by atoms with Gasteiger partial charge < -0.3 is 10.1 Å². The maximum atomic E-state index is 12.4. The molecule has 1 N–H and O–H groups in total. The molecule has 0 spiro atoms. The summed E-state index contributed by atoms with van der Waals surface area (Å²) in [5, 5.41) is 2.74. The lowest BCUT2D eigenvalue weighted by molar-refractivity contribution is -0.121. The third-order valence-electron chi connectivity index (χ3n) is 4.06. The second-order valence-electron chi connectivity index (χ2n) is 5.93. The molecule has 6 nitrogen and oxygen atoms in total. The van der Waals surface area contributed by atoms with Crippen molar-refractivity contribution in [1.29, 1.82) is 0 Å². The first-order valence-corrected chi connectivity index (χ1v) is 9.43. The molecule has 0 aromatic heterocycles. The molecule has 132 valence electrons. The summed E-state index contributed by atoms with van der Waals surface area (Å²) >= 11 is 0. The zero-order valence-electron chi connectivity index (χ0n) is 13.9. The Morgan fingerprint density at radius 2 is 1.84 bits per heavy atom. The van der Waals surface area contributed by atoms with Gasteiger partial charge in [-0.2, -0.15) is 4.31 Å². The molecule has 1 aliphatic rings. The lowest BCUT2D eigenvalue weighted by atomic mass is 10.1. The average Bonchev–Trinajstić information content (AvgIpc) is 3.03. The molecule has 7 heteroatoms. The van der Waals surface area contributed by atoms with Gasteiger partial charge in [0.15, 0.2) is 0 Å². The number of likely N-dealkylation sites (N-methyl/N-ethyl adjacent to an activating group) is 1. The van der Waals surface area contributed by atoms with Crippen LogP contribution in [0.4, 0.5) is 0 Å². The van der Waals surface area contributed by atoms with E-state index in [-0.39, 0.29) is 23.5 Å². The Morgan fingerprint density at radius 3 is 2.56 bits per heavy atom. The van der Waals surface area contributed by atoms with Gasteiger partial charge in [0, 0.05) is 13.5 Å². The molecule has 0 radical (unpaired) electrons. The summed E-state index contributed by atoms with van der Waals surface area (Å²) in [4.78, 5) is 12.3. The summed E-state index contributed by atoms with van der Waals surface area (Å²) in [6, 6.07) is 15.8. The highest BCUT2D eigenvalue weighted by Crippen LogP contribution is 2.27. The molecule has 1 aliphatic heterocycles. The number of nitrogens with zero attached hydrogens (tertiary/aromatic N) is 1. The van der Waals surface area contributed by atoms with E-state index in [1.54, 1.807) is 18.2 Å². The van der Waals surface area contributed by atoms with E-state index in [0.29, 0.717) is 6.54 Å². The predicted molar refractivity (Wildman–Crippen MR) is 93.8 cm³/mol. The topological polar surface area (TPSA) is 75.7 Å². The molecule has 0 saturated heterocycles. The van der Waals surface area contributed by atoms with Gasteiger partial charge in [0.05, 0.1) is 18.0 Å². The number of hydrogen-bond acceptors (Lipinski definition) is 4. The molecule has 1 amide bonds. The minimum Gasteiger partial charge on any atom is -0.488 e. The van der Waals surface area contributed by atoms with Gasteiger partial charge in [-0.15, -0.1) is 0 Å². The number of nitrogens with one attached hydrogen (secondary N) is 1. The summed E-state index contributed by atoms with van der Waals surface area (Å²) in [5.41, 5.74) is 1.12. The van der Waals surface area contributed by atoms with Crippen molar-refractivity contribution in [3.63, 3.8) is 0 Å². The van der Waals surface area contributed by atoms with Crippen LogP contribution in [0.5, 0.6) is 5.75 Å². The smallest absolute Gasteiger partial charge is 0.243 e.